The highest BCUT2D eigenvalue weighted by Gasteiger charge is 2.39. The van der Waals surface area contributed by atoms with Crippen molar-refractivity contribution in [3.8, 4) is 0 Å². The summed E-state index contributed by atoms with van der Waals surface area (Å²) in [5, 5.41) is 2.86. The Morgan fingerprint density at radius 3 is 2.35 bits per heavy atom. The number of alkyl halides is 3. The Balaban J connectivity index is 2.06. The summed E-state index contributed by atoms with van der Waals surface area (Å²) < 4.78 is 43.0. The van der Waals surface area contributed by atoms with E-state index in [1.54, 1.807) is 6.92 Å². The van der Waals surface area contributed by atoms with Crippen LogP contribution in [-0.4, -0.2) is 25.7 Å². The lowest BCUT2D eigenvalue weighted by atomic mass is 9.79. The van der Waals surface area contributed by atoms with Crippen molar-refractivity contribution >= 4 is 5.91 Å². The van der Waals surface area contributed by atoms with Crippen LogP contribution in [0.5, 0.6) is 0 Å². The molecule has 1 amide bonds. The number of carbonyl (C=O) groups is 1. The lowest BCUT2D eigenvalue weighted by Crippen LogP contribution is -2.49. The number of ether oxygens (including phenoxy) is 1. The Morgan fingerprint density at radius 1 is 1.30 bits per heavy atom. The molecule has 3 N–H and O–H groups in total. The number of halogens is 3. The molecule has 0 radical (unpaired) electrons. The number of rotatable bonds is 4. The molecule has 0 spiro atoms. The van der Waals surface area contributed by atoms with Crippen LogP contribution in [0.2, 0.25) is 0 Å². The van der Waals surface area contributed by atoms with E-state index in [1.807, 2.05) is 0 Å². The number of nitrogens with two attached hydrogens (primary N) is 1. The van der Waals surface area contributed by atoms with Gasteiger partial charge in [0.25, 0.3) is 0 Å². The minimum atomic E-state index is -4.36. The molecule has 0 aromatic heterocycles. The standard InChI is InChI=1S/C16H21F3N2O2/c1-11(12-2-4-13(5-3-12)16(17,18)19)21-14(22)15(10-20)6-8-23-9-7-15/h2-5,11H,6-10,20H2,1H3,(H,21,22). The van der Waals surface area contributed by atoms with Gasteiger partial charge in [0.15, 0.2) is 0 Å². The zero-order chi connectivity index (χ0) is 17.1. The maximum absolute atomic E-state index is 12.6. The Labute approximate surface area is 133 Å². The Morgan fingerprint density at radius 2 is 1.87 bits per heavy atom. The van der Waals surface area contributed by atoms with E-state index in [9.17, 15) is 18.0 Å². The third-order valence-corrected chi connectivity index (χ3v) is 4.41. The van der Waals surface area contributed by atoms with E-state index in [-0.39, 0.29) is 12.5 Å². The number of hydrogen-bond donors (Lipinski definition) is 2. The monoisotopic (exact) mass is 330 g/mol. The number of nitrogens with one attached hydrogen (secondary N) is 1. The molecule has 1 fully saturated rings. The highest BCUT2D eigenvalue weighted by molar-refractivity contribution is 5.83. The maximum atomic E-state index is 12.6. The van der Waals surface area contributed by atoms with Gasteiger partial charge in [-0.15, -0.1) is 0 Å². The van der Waals surface area contributed by atoms with Crippen LogP contribution < -0.4 is 11.1 Å². The highest BCUT2D eigenvalue weighted by Crippen LogP contribution is 2.32. The Bertz CT molecular complexity index is 537. The molecule has 1 aromatic rings. The zero-order valence-corrected chi connectivity index (χ0v) is 13.0. The Hall–Kier alpha value is -1.60. The molecule has 4 nitrogen and oxygen atoms in total. The largest absolute Gasteiger partial charge is 0.416 e. The first kappa shape index (κ1) is 17.7. The second-order valence-corrected chi connectivity index (χ2v) is 5.91. The molecule has 1 aliphatic heterocycles. The van der Waals surface area contributed by atoms with Crippen molar-refractivity contribution in [1.82, 2.24) is 5.32 Å². The van der Waals surface area contributed by atoms with Crippen LogP contribution >= 0.6 is 0 Å². The predicted molar refractivity (Wildman–Crippen MR) is 79.5 cm³/mol. The van der Waals surface area contributed by atoms with E-state index >= 15 is 0 Å². The van der Waals surface area contributed by atoms with Crippen molar-refractivity contribution in [3.63, 3.8) is 0 Å². The van der Waals surface area contributed by atoms with Gasteiger partial charge in [0.1, 0.15) is 0 Å². The van der Waals surface area contributed by atoms with Gasteiger partial charge in [0.2, 0.25) is 5.91 Å². The average Bonchev–Trinajstić information content (AvgIpc) is 2.54. The number of carbonyl (C=O) groups excluding carboxylic acids is 1. The number of amides is 1. The van der Waals surface area contributed by atoms with E-state index in [2.05, 4.69) is 5.32 Å². The fourth-order valence-corrected chi connectivity index (χ4v) is 2.68. The van der Waals surface area contributed by atoms with E-state index in [0.717, 1.165) is 12.1 Å². The molecule has 1 aromatic carbocycles. The predicted octanol–water partition coefficient (Wildman–Crippen LogP) is 2.64. The molecule has 23 heavy (non-hydrogen) atoms. The van der Waals surface area contributed by atoms with Crippen LogP contribution in [0.4, 0.5) is 13.2 Å². The van der Waals surface area contributed by atoms with Crippen LogP contribution in [0.3, 0.4) is 0 Å². The topological polar surface area (TPSA) is 64.4 Å². The minimum absolute atomic E-state index is 0.171. The molecule has 0 bridgehead atoms. The van der Waals surface area contributed by atoms with Gasteiger partial charge in [-0.2, -0.15) is 13.2 Å². The lowest BCUT2D eigenvalue weighted by Gasteiger charge is -2.35. The molecule has 2 rings (SSSR count). The lowest BCUT2D eigenvalue weighted by molar-refractivity contribution is -0.138. The summed E-state index contributed by atoms with van der Waals surface area (Å²) in [6.45, 7) is 2.94. The fraction of sp³-hybridized carbons (Fsp3) is 0.562. The SMILES string of the molecule is CC(NC(=O)C1(CN)CCOCC1)c1ccc(C(F)(F)F)cc1. The van der Waals surface area contributed by atoms with Gasteiger partial charge in [-0.3, -0.25) is 4.79 Å². The van der Waals surface area contributed by atoms with Crippen molar-refractivity contribution in [3.05, 3.63) is 35.4 Å². The third kappa shape index (κ3) is 4.03. The zero-order valence-electron chi connectivity index (χ0n) is 13.0. The molecular weight excluding hydrogens is 309 g/mol. The summed E-state index contributed by atoms with van der Waals surface area (Å²) in [4.78, 5) is 12.5. The summed E-state index contributed by atoms with van der Waals surface area (Å²) in [5.74, 6) is -0.171. The molecule has 1 heterocycles. The minimum Gasteiger partial charge on any atom is -0.381 e. The third-order valence-electron chi connectivity index (χ3n) is 4.41. The van der Waals surface area contributed by atoms with Gasteiger partial charge in [-0.1, -0.05) is 12.1 Å². The van der Waals surface area contributed by atoms with Crippen LogP contribution in [0, 0.1) is 5.41 Å². The normalized spacial score (nSPS) is 19.2. The summed E-state index contributed by atoms with van der Waals surface area (Å²) in [5.41, 5.74) is 5.04. The van der Waals surface area contributed by atoms with Crippen molar-refractivity contribution in [1.29, 1.82) is 0 Å². The smallest absolute Gasteiger partial charge is 0.381 e. The van der Waals surface area contributed by atoms with Gasteiger partial charge in [0.05, 0.1) is 17.0 Å². The molecule has 0 saturated carbocycles. The molecule has 1 saturated heterocycles. The van der Waals surface area contributed by atoms with E-state index in [0.29, 0.717) is 31.6 Å². The Kier molecular flexibility index (Phi) is 5.31. The van der Waals surface area contributed by atoms with Gasteiger partial charge < -0.3 is 15.8 Å². The van der Waals surface area contributed by atoms with Gasteiger partial charge >= 0.3 is 6.18 Å². The summed E-state index contributed by atoms with van der Waals surface area (Å²) in [7, 11) is 0. The fourth-order valence-electron chi connectivity index (χ4n) is 2.68. The van der Waals surface area contributed by atoms with Crippen LogP contribution in [0.25, 0.3) is 0 Å². The average molecular weight is 330 g/mol. The maximum Gasteiger partial charge on any atom is 0.416 e. The summed E-state index contributed by atoms with van der Waals surface area (Å²) in [6.07, 6.45) is -3.26. The first-order valence-electron chi connectivity index (χ1n) is 7.54. The van der Waals surface area contributed by atoms with Crippen molar-refractivity contribution < 1.29 is 22.7 Å². The van der Waals surface area contributed by atoms with E-state index < -0.39 is 23.2 Å². The van der Waals surface area contributed by atoms with Gasteiger partial charge in [-0.25, -0.2) is 0 Å². The van der Waals surface area contributed by atoms with Crippen LogP contribution in [0.15, 0.2) is 24.3 Å². The first-order valence-corrected chi connectivity index (χ1v) is 7.54. The number of benzene rings is 1. The molecule has 128 valence electrons. The van der Waals surface area contributed by atoms with Gasteiger partial charge in [-0.05, 0) is 37.5 Å². The van der Waals surface area contributed by atoms with Crippen molar-refractivity contribution in [2.75, 3.05) is 19.8 Å². The number of hydrogen-bond acceptors (Lipinski definition) is 3. The quantitative estimate of drug-likeness (QED) is 0.892. The first-order chi connectivity index (χ1) is 10.8. The molecular formula is C16H21F3N2O2. The van der Waals surface area contributed by atoms with E-state index in [4.69, 9.17) is 10.5 Å². The molecule has 1 atom stereocenters. The van der Waals surface area contributed by atoms with Crippen LogP contribution in [0.1, 0.15) is 36.9 Å². The molecule has 0 aliphatic carbocycles. The highest BCUT2D eigenvalue weighted by atomic mass is 19.4. The van der Waals surface area contributed by atoms with Gasteiger partial charge in [0, 0.05) is 19.8 Å². The second-order valence-electron chi connectivity index (χ2n) is 5.91. The van der Waals surface area contributed by atoms with Crippen molar-refractivity contribution in [2.24, 2.45) is 11.1 Å². The second kappa shape index (κ2) is 6.88. The van der Waals surface area contributed by atoms with E-state index in [1.165, 1.54) is 12.1 Å². The van der Waals surface area contributed by atoms with Crippen LogP contribution in [-0.2, 0) is 15.7 Å². The molecule has 1 unspecified atom stereocenters. The summed E-state index contributed by atoms with van der Waals surface area (Å²) >= 11 is 0. The molecule has 1 aliphatic rings. The molecule has 7 heteroatoms. The van der Waals surface area contributed by atoms with Crippen molar-refractivity contribution in [2.45, 2.75) is 32.0 Å². The summed E-state index contributed by atoms with van der Waals surface area (Å²) in [6, 6.07) is 4.41.